The average molecular weight is 815 g/mol. The van der Waals surface area contributed by atoms with Crippen molar-refractivity contribution in [1.82, 2.24) is 0 Å². The summed E-state index contributed by atoms with van der Waals surface area (Å²) in [5, 5.41) is -0.0833. The van der Waals surface area contributed by atoms with E-state index in [1.165, 1.54) is 63.5 Å². The molecule has 0 radical (unpaired) electrons. The second-order valence-corrected chi connectivity index (χ2v) is 15.1. The van der Waals surface area contributed by atoms with Gasteiger partial charge < -0.3 is 23.7 Å². The molecule has 9 nitrogen and oxygen atoms in total. The zero-order valence-electron chi connectivity index (χ0n) is 34.1. The molecule has 0 fully saturated rings. The van der Waals surface area contributed by atoms with E-state index in [2.05, 4.69) is 13.2 Å². The van der Waals surface area contributed by atoms with Crippen LogP contribution in [-0.2, 0) is 19.1 Å². The number of benzene rings is 3. The maximum Gasteiger partial charge on any atom is 0.343 e. The lowest BCUT2D eigenvalue weighted by molar-refractivity contribution is -0.138. The van der Waals surface area contributed by atoms with Gasteiger partial charge in [0.2, 0.25) is 5.12 Å². The first-order chi connectivity index (χ1) is 28.4. The number of hydrogen-bond donors (Lipinski definition) is 0. The largest absolute Gasteiger partial charge is 0.494 e. The summed E-state index contributed by atoms with van der Waals surface area (Å²) in [5.41, 5.74) is 1.01. The van der Waals surface area contributed by atoms with Gasteiger partial charge in [0, 0.05) is 22.6 Å². The van der Waals surface area contributed by atoms with Crippen molar-refractivity contribution < 1.29 is 42.9 Å². The molecule has 0 atom stereocenters. The standard InChI is InChI=1S/C48H62O9S/c1-3-45(49)55-37-21-17-13-9-5-7-11-15-19-35-53-41-27-23-39(24-28-41)47(51)57-43-31-33-44(34-32-43)58-48(52)40-25-29-42(30-26-40)54-36-20-16-12-8-6-10-14-18-22-38-56-46(50)4-2/h3-4,23-34H,1-2,5-22,35-38H2. The zero-order chi connectivity index (χ0) is 41.5. The molecule has 58 heavy (non-hydrogen) atoms. The summed E-state index contributed by atoms with van der Waals surface area (Å²) < 4.78 is 27.3. The maximum absolute atomic E-state index is 12.9. The first kappa shape index (κ1) is 47.5. The van der Waals surface area contributed by atoms with E-state index in [0.717, 1.165) is 86.6 Å². The van der Waals surface area contributed by atoms with Crippen LogP contribution in [0.4, 0.5) is 0 Å². The lowest BCUT2D eigenvalue weighted by Crippen LogP contribution is -2.08. The number of esters is 3. The van der Waals surface area contributed by atoms with E-state index in [9.17, 15) is 19.2 Å². The molecule has 0 aliphatic rings. The van der Waals surface area contributed by atoms with Gasteiger partial charge in [-0.1, -0.05) is 103 Å². The summed E-state index contributed by atoms with van der Waals surface area (Å²) in [7, 11) is 0. The Morgan fingerprint density at radius 3 is 1.17 bits per heavy atom. The summed E-state index contributed by atoms with van der Waals surface area (Å²) in [4.78, 5) is 48.4. The molecule has 0 bridgehead atoms. The highest BCUT2D eigenvalue weighted by Crippen LogP contribution is 2.27. The lowest BCUT2D eigenvalue weighted by atomic mass is 10.1. The van der Waals surface area contributed by atoms with Gasteiger partial charge in [-0.3, -0.25) is 4.79 Å². The van der Waals surface area contributed by atoms with Crippen LogP contribution >= 0.6 is 11.8 Å². The number of hydrogen-bond acceptors (Lipinski definition) is 10. The molecule has 0 spiro atoms. The van der Waals surface area contributed by atoms with Gasteiger partial charge in [0.15, 0.2) is 0 Å². The third-order valence-corrected chi connectivity index (χ3v) is 10.3. The Labute approximate surface area is 349 Å². The van der Waals surface area contributed by atoms with Gasteiger partial charge in [-0.25, -0.2) is 14.4 Å². The molecule has 3 rings (SSSR count). The van der Waals surface area contributed by atoms with E-state index < -0.39 is 5.97 Å². The van der Waals surface area contributed by atoms with Crippen LogP contribution in [-0.4, -0.2) is 49.5 Å². The Morgan fingerprint density at radius 1 is 0.431 bits per heavy atom. The molecule has 0 unspecified atom stereocenters. The number of ether oxygens (including phenoxy) is 5. The fourth-order valence-corrected chi connectivity index (χ4v) is 6.75. The molecule has 0 aliphatic heterocycles. The van der Waals surface area contributed by atoms with Gasteiger partial charge in [0.25, 0.3) is 0 Å². The minimum absolute atomic E-state index is 0.0833. The molecule has 0 N–H and O–H groups in total. The van der Waals surface area contributed by atoms with E-state index in [1.54, 1.807) is 60.7 Å². The van der Waals surface area contributed by atoms with Crippen LogP contribution < -0.4 is 14.2 Å². The molecular formula is C48H62O9S. The summed E-state index contributed by atoms with van der Waals surface area (Å²) in [6.45, 7) is 9.00. The highest BCUT2D eigenvalue weighted by Gasteiger charge is 2.12. The quantitative estimate of drug-likeness (QED) is 0.0198. The molecular weight excluding hydrogens is 753 g/mol. The van der Waals surface area contributed by atoms with Crippen LogP contribution in [0.25, 0.3) is 0 Å². The minimum Gasteiger partial charge on any atom is -0.494 e. The monoisotopic (exact) mass is 814 g/mol. The van der Waals surface area contributed by atoms with E-state index in [0.29, 0.717) is 49.1 Å². The van der Waals surface area contributed by atoms with Gasteiger partial charge in [-0.2, -0.15) is 0 Å². The number of carbonyl (C=O) groups excluding carboxylic acids is 4. The van der Waals surface area contributed by atoms with Gasteiger partial charge in [-0.15, -0.1) is 0 Å². The van der Waals surface area contributed by atoms with Crippen LogP contribution in [0, 0.1) is 0 Å². The van der Waals surface area contributed by atoms with Crippen LogP contribution in [0.1, 0.15) is 136 Å². The fraction of sp³-hybridized carbons (Fsp3) is 0.458. The highest BCUT2D eigenvalue weighted by molar-refractivity contribution is 8.14. The minimum atomic E-state index is -0.466. The van der Waals surface area contributed by atoms with Crippen LogP contribution in [0.5, 0.6) is 17.2 Å². The molecule has 3 aromatic carbocycles. The molecule has 0 amide bonds. The van der Waals surface area contributed by atoms with Crippen molar-refractivity contribution >= 4 is 34.8 Å². The second-order valence-electron chi connectivity index (χ2n) is 14.1. The lowest BCUT2D eigenvalue weighted by Gasteiger charge is -2.09. The smallest absolute Gasteiger partial charge is 0.343 e. The number of thioether (sulfide) groups is 1. The van der Waals surface area contributed by atoms with Crippen molar-refractivity contribution in [1.29, 1.82) is 0 Å². The summed E-state index contributed by atoms with van der Waals surface area (Å²) in [5.74, 6) is 0.692. The normalized spacial score (nSPS) is 10.7. The molecule has 10 heteroatoms. The summed E-state index contributed by atoms with van der Waals surface area (Å²) >= 11 is 1.12. The van der Waals surface area contributed by atoms with Crippen molar-refractivity contribution in [3.63, 3.8) is 0 Å². The van der Waals surface area contributed by atoms with Crippen LogP contribution in [0.15, 0.2) is 103 Å². The van der Waals surface area contributed by atoms with E-state index >= 15 is 0 Å². The molecule has 0 saturated carbocycles. The van der Waals surface area contributed by atoms with Crippen molar-refractivity contribution in [2.75, 3.05) is 26.4 Å². The highest BCUT2D eigenvalue weighted by atomic mass is 32.2. The predicted octanol–water partition coefficient (Wildman–Crippen LogP) is 12.1. The van der Waals surface area contributed by atoms with Gasteiger partial charge >= 0.3 is 17.9 Å². The fourth-order valence-electron chi connectivity index (χ4n) is 6.01. The van der Waals surface area contributed by atoms with Crippen molar-refractivity contribution in [3.8, 4) is 17.2 Å². The Kier molecular flexibility index (Phi) is 24.8. The third kappa shape index (κ3) is 21.6. The van der Waals surface area contributed by atoms with E-state index in [1.807, 2.05) is 12.1 Å². The Bertz CT molecular complexity index is 1510. The number of carbonyl (C=O) groups is 4. The Balaban J connectivity index is 1.21. The zero-order valence-corrected chi connectivity index (χ0v) is 35.0. The van der Waals surface area contributed by atoms with Gasteiger partial charge in [0.1, 0.15) is 17.2 Å². The third-order valence-electron chi connectivity index (χ3n) is 9.36. The Morgan fingerprint density at radius 2 is 0.776 bits per heavy atom. The van der Waals surface area contributed by atoms with Gasteiger partial charge in [-0.05, 0) is 110 Å². The average Bonchev–Trinajstić information content (AvgIpc) is 3.24. The van der Waals surface area contributed by atoms with Crippen molar-refractivity contribution in [2.24, 2.45) is 0 Å². The van der Waals surface area contributed by atoms with Crippen LogP contribution in [0.2, 0.25) is 0 Å². The first-order valence-electron chi connectivity index (χ1n) is 21.0. The van der Waals surface area contributed by atoms with E-state index in [4.69, 9.17) is 23.7 Å². The molecule has 0 heterocycles. The Hall–Kier alpha value is -4.83. The number of unbranched alkanes of at least 4 members (excludes halogenated alkanes) is 16. The summed E-state index contributed by atoms with van der Waals surface area (Å²) in [6.07, 6.45) is 22.5. The SMILES string of the molecule is C=CC(=O)OCCCCCCCCCCCOc1ccc(C(=O)Oc2ccc(SC(=O)c3ccc(OCCCCCCCCCCCOC(=O)C=C)cc3)cc2)cc1. The molecule has 0 aliphatic carbocycles. The predicted molar refractivity (Wildman–Crippen MR) is 231 cm³/mol. The molecule has 0 aromatic heterocycles. The maximum atomic E-state index is 12.9. The summed E-state index contributed by atoms with van der Waals surface area (Å²) in [6, 6.07) is 21.1. The molecule has 314 valence electrons. The number of rotatable bonds is 32. The topological polar surface area (TPSA) is 114 Å². The van der Waals surface area contributed by atoms with Crippen molar-refractivity contribution in [2.45, 2.75) is 120 Å². The van der Waals surface area contributed by atoms with Crippen molar-refractivity contribution in [3.05, 3.63) is 109 Å². The second kappa shape index (κ2) is 30.3. The first-order valence-corrected chi connectivity index (χ1v) is 21.8. The van der Waals surface area contributed by atoms with E-state index in [-0.39, 0.29) is 17.1 Å². The molecule has 3 aromatic rings. The van der Waals surface area contributed by atoms with Crippen LogP contribution in [0.3, 0.4) is 0 Å². The van der Waals surface area contributed by atoms with Gasteiger partial charge in [0.05, 0.1) is 32.0 Å². The molecule has 0 saturated heterocycles.